The Hall–Kier alpha value is -1.10. The Labute approximate surface area is 157 Å². The number of carbonyl (C=O) groups excluding carboxylic acids is 2. The van der Waals surface area contributed by atoms with Gasteiger partial charge in [0.2, 0.25) is 11.8 Å². The molecule has 5 heteroatoms. The van der Waals surface area contributed by atoms with Crippen LogP contribution in [0.15, 0.2) is 0 Å². The molecular weight excluding hydrogens is 316 g/mol. The summed E-state index contributed by atoms with van der Waals surface area (Å²) in [6.45, 7) is 9.43. The Bertz CT molecular complexity index is 354. The van der Waals surface area contributed by atoms with E-state index >= 15 is 0 Å². The molecular formula is C20H44N2O3. The van der Waals surface area contributed by atoms with Crippen LogP contribution in [0.25, 0.3) is 0 Å². The molecule has 2 amide bonds. The molecule has 0 aliphatic rings. The molecule has 0 saturated carbocycles. The highest BCUT2D eigenvalue weighted by molar-refractivity contribution is 5.77. The lowest BCUT2D eigenvalue weighted by molar-refractivity contribution is -0.127. The summed E-state index contributed by atoms with van der Waals surface area (Å²) in [7, 11) is 0. The fraction of sp³-hybridized carbons (Fsp3) is 0.900. The molecule has 0 aliphatic carbocycles. The summed E-state index contributed by atoms with van der Waals surface area (Å²) in [4.78, 5) is 22.8. The number of unbranched alkanes of at least 4 members (excludes halogenated alkanes) is 8. The van der Waals surface area contributed by atoms with E-state index in [4.69, 9.17) is 4.74 Å². The van der Waals surface area contributed by atoms with Crippen molar-refractivity contribution >= 4 is 11.8 Å². The van der Waals surface area contributed by atoms with Gasteiger partial charge >= 0.3 is 0 Å². The van der Waals surface area contributed by atoms with Crippen LogP contribution in [0.4, 0.5) is 0 Å². The second-order valence-electron chi connectivity index (χ2n) is 7.34. The first-order chi connectivity index (χ1) is 11.9. The van der Waals surface area contributed by atoms with E-state index in [1.807, 2.05) is 27.7 Å². The first kappa shape index (κ1) is 23.9. The standard InChI is InChI=1S/C20H40N2O3.2H2/c1-17(2)20(24)22-15-13-11-9-7-5-6-8-10-12-14-21-19(23)16-25-18(3)4;;/h17-18H,5-16H2,1-4H3,(H,21,23)(H,22,24);2*1H. The number of rotatable bonds is 16. The number of nitrogens with one attached hydrogen (secondary N) is 2. The van der Waals surface area contributed by atoms with E-state index in [1.165, 1.54) is 44.9 Å². The van der Waals surface area contributed by atoms with Crippen molar-refractivity contribution in [3.63, 3.8) is 0 Å². The average molecular weight is 361 g/mol. The van der Waals surface area contributed by atoms with Gasteiger partial charge in [-0.1, -0.05) is 58.8 Å². The summed E-state index contributed by atoms with van der Waals surface area (Å²) in [6, 6.07) is 0. The van der Waals surface area contributed by atoms with Crippen LogP contribution >= 0.6 is 0 Å². The van der Waals surface area contributed by atoms with Gasteiger partial charge in [0.1, 0.15) is 6.61 Å². The van der Waals surface area contributed by atoms with E-state index in [0.29, 0.717) is 0 Å². The van der Waals surface area contributed by atoms with Gasteiger partial charge in [0.15, 0.2) is 0 Å². The van der Waals surface area contributed by atoms with E-state index in [2.05, 4.69) is 10.6 Å². The van der Waals surface area contributed by atoms with Gasteiger partial charge in [-0.3, -0.25) is 9.59 Å². The van der Waals surface area contributed by atoms with Gasteiger partial charge < -0.3 is 15.4 Å². The van der Waals surface area contributed by atoms with Gasteiger partial charge in [0.25, 0.3) is 0 Å². The zero-order valence-electron chi connectivity index (χ0n) is 16.9. The summed E-state index contributed by atoms with van der Waals surface area (Å²) in [5, 5.41) is 5.85. The van der Waals surface area contributed by atoms with Crippen LogP contribution < -0.4 is 10.6 Å². The molecule has 0 radical (unpaired) electrons. The van der Waals surface area contributed by atoms with E-state index < -0.39 is 0 Å². The van der Waals surface area contributed by atoms with E-state index in [9.17, 15) is 9.59 Å². The molecule has 0 bridgehead atoms. The molecule has 0 aliphatic heterocycles. The quantitative estimate of drug-likeness (QED) is 0.403. The Balaban J connectivity index is -0.00000288. The lowest BCUT2D eigenvalue weighted by atomic mass is 10.1. The summed E-state index contributed by atoms with van der Waals surface area (Å²) >= 11 is 0. The Morgan fingerprint density at radius 2 is 1.20 bits per heavy atom. The maximum absolute atomic E-state index is 11.4. The summed E-state index contributed by atoms with van der Waals surface area (Å²) in [6.07, 6.45) is 10.9. The monoisotopic (exact) mass is 360 g/mol. The van der Waals surface area contributed by atoms with Crippen molar-refractivity contribution in [2.75, 3.05) is 19.7 Å². The number of hydrogen-bond acceptors (Lipinski definition) is 3. The number of amides is 2. The third kappa shape index (κ3) is 17.5. The Morgan fingerprint density at radius 3 is 1.64 bits per heavy atom. The molecule has 0 aromatic heterocycles. The largest absolute Gasteiger partial charge is 0.369 e. The van der Waals surface area contributed by atoms with E-state index in [-0.39, 0.29) is 33.3 Å². The van der Waals surface area contributed by atoms with Crippen molar-refractivity contribution in [3.8, 4) is 0 Å². The number of hydrogen-bond donors (Lipinski definition) is 2. The molecule has 0 rings (SSSR count). The topological polar surface area (TPSA) is 67.4 Å². The predicted octanol–water partition coefficient (Wildman–Crippen LogP) is 4.30. The molecule has 0 aromatic rings. The van der Waals surface area contributed by atoms with Crippen LogP contribution in [0, 0.1) is 5.92 Å². The van der Waals surface area contributed by atoms with Gasteiger partial charge in [0.05, 0.1) is 6.10 Å². The number of carbonyl (C=O) groups is 2. The van der Waals surface area contributed by atoms with Gasteiger partial charge in [-0.05, 0) is 26.7 Å². The lowest BCUT2D eigenvalue weighted by Gasteiger charge is -2.08. The second kappa shape index (κ2) is 16.4. The fourth-order valence-electron chi connectivity index (χ4n) is 2.42. The second-order valence-corrected chi connectivity index (χ2v) is 7.34. The molecule has 0 heterocycles. The third-order valence-electron chi connectivity index (χ3n) is 4.05. The van der Waals surface area contributed by atoms with Crippen LogP contribution in [-0.4, -0.2) is 37.6 Å². The van der Waals surface area contributed by atoms with Gasteiger partial charge in [-0.15, -0.1) is 0 Å². The van der Waals surface area contributed by atoms with Crippen LogP contribution in [0.5, 0.6) is 0 Å². The summed E-state index contributed by atoms with van der Waals surface area (Å²) in [5.74, 6) is 0.226. The van der Waals surface area contributed by atoms with Gasteiger partial charge in [0, 0.05) is 21.9 Å². The molecule has 5 nitrogen and oxygen atoms in total. The zero-order chi connectivity index (χ0) is 18.9. The molecule has 0 saturated heterocycles. The van der Waals surface area contributed by atoms with Crippen LogP contribution in [-0.2, 0) is 14.3 Å². The first-order valence-corrected chi connectivity index (χ1v) is 10.1. The van der Waals surface area contributed by atoms with Crippen molar-refractivity contribution < 1.29 is 17.2 Å². The minimum absolute atomic E-state index is 0. The SMILES string of the molecule is CC(C)OCC(=O)NCCCCCCCCCCCNC(=O)C(C)C.[HH].[HH]. The molecule has 0 aromatic carbocycles. The first-order valence-electron chi connectivity index (χ1n) is 10.1. The van der Waals surface area contributed by atoms with Crippen molar-refractivity contribution in [2.45, 2.75) is 91.6 Å². The summed E-state index contributed by atoms with van der Waals surface area (Å²) < 4.78 is 5.25. The zero-order valence-corrected chi connectivity index (χ0v) is 16.9. The normalized spacial score (nSPS) is 11.1. The highest BCUT2D eigenvalue weighted by Gasteiger charge is 2.04. The Kier molecular flexibility index (Phi) is 15.7. The molecule has 0 atom stereocenters. The van der Waals surface area contributed by atoms with Gasteiger partial charge in [-0.2, -0.15) is 0 Å². The van der Waals surface area contributed by atoms with Crippen molar-refractivity contribution in [2.24, 2.45) is 5.92 Å². The molecule has 152 valence electrons. The molecule has 0 unspecified atom stereocenters. The molecule has 0 spiro atoms. The minimum atomic E-state index is -0.0155. The van der Waals surface area contributed by atoms with Gasteiger partial charge in [-0.25, -0.2) is 0 Å². The predicted molar refractivity (Wildman–Crippen MR) is 108 cm³/mol. The number of ether oxygens (including phenoxy) is 1. The van der Waals surface area contributed by atoms with Crippen LogP contribution in [0.1, 0.15) is 88.3 Å². The van der Waals surface area contributed by atoms with Crippen molar-refractivity contribution in [1.82, 2.24) is 10.6 Å². The fourth-order valence-corrected chi connectivity index (χ4v) is 2.42. The highest BCUT2D eigenvalue weighted by Crippen LogP contribution is 2.09. The third-order valence-corrected chi connectivity index (χ3v) is 4.05. The Morgan fingerprint density at radius 1 is 0.760 bits per heavy atom. The highest BCUT2D eigenvalue weighted by atomic mass is 16.5. The summed E-state index contributed by atoms with van der Waals surface area (Å²) in [5.41, 5.74) is 0. The maximum atomic E-state index is 11.4. The minimum Gasteiger partial charge on any atom is -0.369 e. The molecule has 2 N–H and O–H groups in total. The van der Waals surface area contributed by atoms with Crippen LogP contribution in [0.3, 0.4) is 0 Å². The smallest absolute Gasteiger partial charge is 0.246 e. The maximum Gasteiger partial charge on any atom is 0.246 e. The van der Waals surface area contributed by atoms with Crippen molar-refractivity contribution in [3.05, 3.63) is 0 Å². The van der Waals surface area contributed by atoms with Crippen LogP contribution in [0.2, 0.25) is 0 Å². The molecule has 0 fully saturated rings. The average Bonchev–Trinajstić information content (AvgIpc) is 2.56. The van der Waals surface area contributed by atoms with E-state index in [1.54, 1.807) is 0 Å². The van der Waals surface area contributed by atoms with E-state index in [0.717, 1.165) is 25.9 Å². The van der Waals surface area contributed by atoms with Crippen molar-refractivity contribution in [1.29, 1.82) is 0 Å². The molecule has 25 heavy (non-hydrogen) atoms. The lowest BCUT2D eigenvalue weighted by Crippen LogP contribution is -2.29.